The van der Waals surface area contributed by atoms with E-state index in [2.05, 4.69) is 21.8 Å². The molecule has 2 rings (SSSR count). The van der Waals surface area contributed by atoms with Crippen LogP contribution in [0.15, 0.2) is 12.1 Å². The Bertz CT molecular complexity index is 426. The number of nitrogens with zero attached hydrogens (tertiary/aromatic N) is 3. The van der Waals surface area contributed by atoms with Gasteiger partial charge in [-0.05, 0) is 26.1 Å². The van der Waals surface area contributed by atoms with Gasteiger partial charge in [-0.3, -0.25) is 0 Å². The molecule has 1 aliphatic rings. The third-order valence-electron chi connectivity index (χ3n) is 3.13. The zero-order valence-corrected chi connectivity index (χ0v) is 10.2. The van der Waals surface area contributed by atoms with Gasteiger partial charge in [-0.2, -0.15) is 0 Å². The summed E-state index contributed by atoms with van der Waals surface area (Å²) in [5.74, 6) is -0.0412. The van der Waals surface area contributed by atoms with Gasteiger partial charge in [0.1, 0.15) is 5.82 Å². The minimum Gasteiger partial charge on any atom is -0.478 e. The molecule has 1 N–H and O–H groups in total. The first kappa shape index (κ1) is 11.9. The smallest absolute Gasteiger partial charge is 0.337 e. The van der Waals surface area contributed by atoms with Crippen LogP contribution in [0.3, 0.4) is 0 Å². The first-order valence-corrected chi connectivity index (χ1v) is 5.72. The number of piperazine rings is 1. The maximum Gasteiger partial charge on any atom is 0.337 e. The molecule has 5 nitrogen and oxygen atoms in total. The SMILES string of the molecule is Cc1nc(N2CCN(C)CC2)ccc1C(=O)O. The van der Waals surface area contributed by atoms with Gasteiger partial charge in [0.05, 0.1) is 11.3 Å². The standard InChI is InChI=1S/C12H17N3O2/c1-9-10(12(16)17)3-4-11(13-9)15-7-5-14(2)6-8-15/h3-4H,5-8H2,1-2H3,(H,16,17). The van der Waals surface area contributed by atoms with Crippen molar-refractivity contribution in [2.45, 2.75) is 6.92 Å². The number of aryl methyl sites for hydroxylation is 1. The molecule has 0 bridgehead atoms. The number of anilines is 1. The highest BCUT2D eigenvalue weighted by molar-refractivity contribution is 5.89. The first-order valence-electron chi connectivity index (χ1n) is 5.72. The Labute approximate surface area is 101 Å². The van der Waals surface area contributed by atoms with Crippen molar-refractivity contribution in [1.82, 2.24) is 9.88 Å². The number of rotatable bonds is 2. The molecule has 0 saturated carbocycles. The molecule has 5 heteroatoms. The van der Waals surface area contributed by atoms with Crippen LogP contribution < -0.4 is 4.90 Å². The Morgan fingerprint density at radius 2 is 1.94 bits per heavy atom. The molecule has 1 aliphatic heterocycles. The van der Waals surface area contributed by atoms with Gasteiger partial charge in [0.2, 0.25) is 0 Å². The summed E-state index contributed by atoms with van der Waals surface area (Å²) in [4.78, 5) is 19.7. The molecule has 0 amide bonds. The van der Waals surface area contributed by atoms with Crippen LogP contribution >= 0.6 is 0 Å². The Morgan fingerprint density at radius 1 is 1.29 bits per heavy atom. The summed E-state index contributed by atoms with van der Waals surface area (Å²) in [5, 5.41) is 8.94. The molecule has 1 fully saturated rings. The summed E-state index contributed by atoms with van der Waals surface area (Å²) in [7, 11) is 2.10. The van der Waals surface area contributed by atoms with Crippen LogP contribution in [-0.2, 0) is 0 Å². The topological polar surface area (TPSA) is 56.7 Å². The maximum atomic E-state index is 10.9. The molecule has 1 aromatic rings. The van der Waals surface area contributed by atoms with Crippen molar-refractivity contribution in [3.05, 3.63) is 23.4 Å². The molecule has 17 heavy (non-hydrogen) atoms. The van der Waals surface area contributed by atoms with Crippen LogP contribution in [0.4, 0.5) is 5.82 Å². The van der Waals surface area contributed by atoms with Gasteiger partial charge < -0.3 is 14.9 Å². The summed E-state index contributed by atoms with van der Waals surface area (Å²) in [5.41, 5.74) is 0.858. The fraction of sp³-hybridized carbons (Fsp3) is 0.500. The van der Waals surface area contributed by atoms with Crippen LogP contribution in [0, 0.1) is 6.92 Å². The molecule has 92 valence electrons. The molecule has 0 aromatic carbocycles. The second-order valence-corrected chi connectivity index (χ2v) is 4.40. The molecule has 0 radical (unpaired) electrons. The Morgan fingerprint density at radius 3 is 2.47 bits per heavy atom. The zero-order chi connectivity index (χ0) is 12.4. The van der Waals surface area contributed by atoms with Crippen molar-refractivity contribution < 1.29 is 9.90 Å². The molecular weight excluding hydrogens is 218 g/mol. The van der Waals surface area contributed by atoms with Crippen LogP contribution in [0.2, 0.25) is 0 Å². The van der Waals surface area contributed by atoms with Gasteiger partial charge in [0.15, 0.2) is 0 Å². The summed E-state index contributed by atoms with van der Waals surface area (Å²) < 4.78 is 0. The monoisotopic (exact) mass is 235 g/mol. The van der Waals surface area contributed by atoms with Crippen LogP contribution in [0.25, 0.3) is 0 Å². The molecule has 2 heterocycles. The minimum atomic E-state index is -0.917. The summed E-state index contributed by atoms with van der Waals surface area (Å²) in [6.07, 6.45) is 0. The number of likely N-dealkylation sites (N-methyl/N-ethyl adjacent to an activating group) is 1. The number of pyridine rings is 1. The van der Waals surface area contributed by atoms with Crippen molar-refractivity contribution >= 4 is 11.8 Å². The maximum absolute atomic E-state index is 10.9. The van der Waals surface area contributed by atoms with E-state index in [0.29, 0.717) is 5.69 Å². The number of aromatic carboxylic acids is 1. The lowest BCUT2D eigenvalue weighted by atomic mass is 10.2. The molecule has 1 saturated heterocycles. The molecule has 0 aliphatic carbocycles. The van der Waals surface area contributed by atoms with Crippen molar-refractivity contribution in [2.75, 3.05) is 38.1 Å². The van der Waals surface area contributed by atoms with Crippen molar-refractivity contribution in [2.24, 2.45) is 0 Å². The lowest BCUT2D eigenvalue weighted by Gasteiger charge is -2.33. The van der Waals surface area contributed by atoms with E-state index in [1.54, 1.807) is 19.1 Å². The first-order chi connectivity index (χ1) is 8.08. The summed E-state index contributed by atoms with van der Waals surface area (Å²) >= 11 is 0. The fourth-order valence-electron chi connectivity index (χ4n) is 1.99. The van der Waals surface area contributed by atoms with Crippen LogP contribution in [-0.4, -0.2) is 54.2 Å². The van der Waals surface area contributed by atoms with E-state index >= 15 is 0 Å². The van der Waals surface area contributed by atoms with E-state index in [0.717, 1.165) is 32.0 Å². The lowest BCUT2D eigenvalue weighted by Crippen LogP contribution is -2.44. The second-order valence-electron chi connectivity index (χ2n) is 4.40. The van der Waals surface area contributed by atoms with Crippen molar-refractivity contribution in [3.63, 3.8) is 0 Å². The summed E-state index contributed by atoms with van der Waals surface area (Å²) in [6, 6.07) is 3.43. The number of carboxylic acid groups (broad SMARTS) is 1. The van der Waals surface area contributed by atoms with E-state index in [9.17, 15) is 4.79 Å². The van der Waals surface area contributed by atoms with Gasteiger partial charge in [-0.15, -0.1) is 0 Å². The predicted octanol–water partition coefficient (Wildman–Crippen LogP) is 0.840. The molecule has 0 spiro atoms. The van der Waals surface area contributed by atoms with E-state index in [-0.39, 0.29) is 5.56 Å². The minimum absolute atomic E-state index is 0.280. The number of aromatic nitrogens is 1. The normalized spacial score (nSPS) is 17.2. The highest BCUT2D eigenvalue weighted by Crippen LogP contribution is 2.16. The molecule has 0 unspecified atom stereocenters. The molecule has 0 atom stereocenters. The highest BCUT2D eigenvalue weighted by atomic mass is 16.4. The van der Waals surface area contributed by atoms with E-state index in [1.165, 1.54) is 0 Å². The van der Waals surface area contributed by atoms with Crippen LogP contribution in [0.1, 0.15) is 16.1 Å². The van der Waals surface area contributed by atoms with Gasteiger partial charge in [-0.25, -0.2) is 9.78 Å². The second kappa shape index (κ2) is 4.71. The number of carbonyl (C=O) groups is 1. The number of hydrogen-bond donors (Lipinski definition) is 1. The average Bonchev–Trinajstić information content (AvgIpc) is 2.29. The molecular formula is C12H17N3O2. The van der Waals surface area contributed by atoms with Crippen molar-refractivity contribution in [3.8, 4) is 0 Å². The van der Waals surface area contributed by atoms with E-state index in [1.807, 2.05) is 0 Å². The van der Waals surface area contributed by atoms with Crippen molar-refractivity contribution in [1.29, 1.82) is 0 Å². The zero-order valence-electron chi connectivity index (χ0n) is 10.2. The predicted molar refractivity (Wildman–Crippen MR) is 65.6 cm³/mol. The Kier molecular flexibility index (Phi) is 3.28. The number of hydrogen-bond acceptors (Lipinski definition) is 4. The van der Waals surface area contributed by atoms with E-state index in [4.69, 9.17) is 5.11 Å². The van der Waals surface area contributed by atoms with Gasteiger partial charge in [0, 0.05) is 26.2 Å². The van der Waals surface area contributed by atoms with Gasteiger partial charge >= 0.3 is 5.97 Å². The number of carboxylic acids is 1. The quantitative estimate of drug-likeness (QED) is 0.823. The highest BCUT2D eigenvalue weighted by Gasteiger charge is 2.16. The lowest BCUT2D eigenvalue weighted by molar-refractivity contribution is 0.0695. The third kappa shape index (κ3) is 2.55. The largest absolute Gasteiger partial charge is 0.478 e. The average molecular weight is 235 g/mol. The van der Waals surface area contributed by atoms with Crippen LogP contribution in [0.5, 0.6) is 0 Å². The third-order valence-corrected chi connectivity index (χ3v) is 3.13. The van der Waals surface area contributed by atoms with E-state index < -0.39 is 5.97 Å². The van der Waals surface area contributed by atoms with Gasteiger partial charge in [0.25, 0.3) is 0 Å². The Balaban J connectivity index is 2.17. The van der Waals surface area contributed by atoms with Gasteiger partial charge in [-0.1, -0.05) is 0 Å². The fourth-order valence-corrected chi connectivity index (χ4v) is 1.99. The Hall–Kier alpha value is -1.62. The summed E-state index contributed by atoms with van der Waals surface area (Å²) in [6.45, 7) is 5.65. The molecule has 1 aromatic heterocycles.